The lowest BCUT2D eigenvalue weighted by molar-refractivity contribution is 0.0696. The van der Waals surface area contributed by atoms with Crippen molar-refractivity contribution in [1.82, 2.24) is 4.72 Å². The van der Waals surface area contributed by atoms with Gasteiger partial charge in [0.2, 0.25) is 10.0 Å². The third-order valence-corrected chi connectivity index (χ3v) is 6.83. The fraction of sp³-hybridized carbons (Fsp3) is 0.409. The van der Waals surface area contributed by atoms with Crippen LogP contribution < -0.4 is 9.46 Å². The van der Waals surface area contributed by atoms with Crippen LogP contribution in [-0.4, -0.2) is 32.6 Å². The smallest absolute Gasteiger partial charge is 0.335 e. The van der Waals surface area contributed by atoms with Gasteiger partial charge in [0, 0.05) is 6.54 Å². The molecule has 2 aromatic rings. The molecule has 156 valence electrons. The minimum atomic E-state index is -3.80. The van der Waals surface area contributed by atoms with E-state index in [9.17, 15) is 13.2 Å². The maximum Gasteiger partial charge on any atom is 0.335 e. The highest BCUT2D eigenvalue weighted by molar-refractivity contribution is 7.89. The lowest BCUT2D eigenvalue weighted by atomic mass is 9.84. The number of benzene rings is 2. The standard InChI is InChI=1S/C22H27NO5S/c1-16-7-12-20(15-21(16)22(24)25)29(26,27)23-13-14-28-19-10-8-18(9-11-19)17-5-3-2-4-6-17/h7-12,15,17,23H,2-6,13-14H2,1H3,(H,24,25). The van der Waals surface area contributed by atoms with Crippen molar-refractivity contribution in [2.75, 3.05) is 13.2 Å². The monoisotopic (exact) mass is 417 g/mol. The van der Waals surface area contributed by atoms with Crippen LogP contribution in [0.25, 0.3) is 0 Å². The Kier molecular flexibility index (Phi) is 6.92. The molecule has 1 saturated carbocycles. The molecule has 1 fully saturated rings. The van der Waals surface area contributed by atoms with Gasteiger partial charge in [0.05, 0.1) is 10.5 Å². The Bertz CT molecular complexity index is 948. The van der Waals surface area contributed by atoms with E-state index in [1.807, 2.05) is 12.1 Å². The molecule has 3 rings (SSSR count). The number of hydrogen-bond donors (Lipinski definition) is 2. The van der Waals surface area contributed by atoms with Gasteiger partial charge in [-0.3, -0.25) is 0 Å². The van der Waals surface area contributed by atoms with Gasteiger partial charge < -0.3 is 9.84 Å². The molecule has 0 aromatic heterocycles. The molecule has 0 amide bonds. The molecule has 29 heavy (non-hydrogen) atoms. The van der Waals surface area contributed by atoms with E-state index >= 15 is 0 Å². The summed E-state index contributed by atoms with van der Waals surface area (Å²) in [4.78, 5) is 11.1. The van der Waals surface area contributed by atoms with Crippen molar-refractivity contribution in [3.63, 3.8) is 0 Å². The summed E-state index contributed by atoms with van der Waals surface area (Å²) in [5.41, 5.74) is 1.82. The van der Waals surface area contributed by atoms with Crippen LogP contribution >= 0.6 is 0 Å². The molecule has 0 atom stereocenters. The predicted molar refractivity (Wildman–Crippen MR) is 111 cm³/mol. The van der Waals surface area contributed by atoms with Gasteiger partial charge in [0.1, 0.15) is 12.4 Å². The highest BCUT2D eigenvalue weighted by Gasteiger charge is 2.18. The molecular weight excluding hydrogens is 390 g/mol. The molecule has 0 spiro atoms. The van der Waals surface area contributed by atoms with E-state index in [4.69, 9.17) is 9.84 Å². The van der Waals surface area contributed by atoms with Gasteiger partial charge in [0.25, 0.3) is 0 Å². The highest BCUT2D eigenvalue weighted by atomic mass is 32.2. The molecule has 0 unspecified atom stereocenters. The van der Waals surface area contributed by atoms with Gasteiger partial charge >= 0.3 is 5.97 Å². The van der Waals surface area contributed by atoms with Crippen LogP contribution in [0.1, 0.15) is 59.5 Å². The Morgan fingerprint density at radius 2 is 1.79 bits per heavy atom. The van der Waals surface area contributed by atoms with E-state index in [2.05, 4.69) is 16.9 Å². The summed E-state index contributed by atoms with van der Waals surface area (Å²) in [7, 11) is -3.80. The number of rotatable bonds is 8. The highest BCUT2D eigenvalue weighted by Crippen LogP contribution is 2.33. The predicted octanol–water partition coefficient (Wildman–Crippen LogP) is 4.10. The maximum atomic E-state index is 12.4. The third-order valence-electron chi connectivity index (χ3n) is 5.37. The van der Waals surface area contributed by atoms with Crippen molar-refractivity contribution in [3.05, 3.63) is 59.2 Å². The second-order valence-electron chi connectivity index (χ2n) is 7.43. The van der Waals surface area contributed by atoms with E-state index in [0.717, 1.165) is 0 Å². The Labute approximate surface area is 172 Å². The molecule has 0 saturated heterocycles. The first kappa shape index (κ1) is 21.3. The van der Waals surface area contributed by atoms with E-state index < -0.39 is 16.0 Å². The summed E-state index contributed by atoms with van der Waals surface area (Å²) in [5, 5.41) is 9.16. The second-order valence-corrected chi connectivity index (χ2v) is 9.20. The number of hydrogen-bond acceptors (Lipinski definition) is 4. The van der Waals surface area contributed by atoms with Gasteiger partial charge in [-0.25, -0.2) is 17.9 Å². The molecular formula is C22H27NO5S. The van der Waals surface area contributed by atoms with Crippen LogP contribution in [0.15, 0.2) is 47.4 Å². The summed E-state index contributed by atoms with van der Waals surface area (Å²) >= 11 is 0. The number of carbonyl (C=O) groups is 1. The van der Waals surface area contributed by atoms with E-state index in [1.54, 1.807) is 6.92 Å². The molecule has 6 nitrogen and oxygen atoms in total. The number of ether oxygens (including phenoxy) is 1. The average Bonchev–Trinajstić information content (AvgIpc) is 2.72. The van der Waals surface area contributed by atoms with E-state index in [0.29, 0.717) is 17.2 Å². The van der Waals surface area contributed by atoms with Crippen LogP contribution in [-0.2, 0) is 10.0 Å². The molecule has 0 heterocycles. The summed E-state index contributed by atoms with van der Waals surface area (Å²) in [6.07, 6.45) is 6.39. The molecule has 0 bridgehead atoms. The minimum absolute atomic E-state index is 0.0258. The number of aryl methyl sites for hydroxylation is 1. The van der Waals surface area contributed by atoms with Crippen molar-refractivity contribution < 1.29 is 23.1 Å². The maximum absolute atomic E-state index is 12.4. The van der Waals surface area contributed by atoms with Crippen molar-refractivity contribution >= 4 is 16.0 Å². The van der Waals surface area contributed by atoms with Gasteiger partial charge in [-0.05, 0) is 61.1 Å². The first-order valence-electron chi connectivity index (χ1n) is 9.93. The van der Waals surface area contributed by atoms with Crippen LogP contribution in [0, 0.1) is 6.92 Å². The minimum Gasteiger partial charge on any atom is -0.492 e. The molecule has 7 heteroatoms. The van der Waals surface area contributed by atoms with Crippen LogP contribution in [0.2, 0.25) is 0 Å². The molecule has 1 aliphatic carbocycles. The topological polar surface area (TPSA) is 92.7 Å². The van der Waals surface area contributed by atoms with Crippen molar-refractivity contribution in [1.29, 1.82) is 0 Å². The largest absolute Gasteiger partial charge is 0.492 e. The lowest BCUT2D eigenvalue weighted by Gasteiger charge is -2.22. The zero-order valence-corrected chi connectivity index (χ0v) is 17.4. The second kappa shape index (κ2) is 9.41. The Morgan fingerprint density at radius 1 is 1.10 bits per heavy atom. The summed E-state index contributed by atoms with van der Waals surface area (Å²) < 4.78 is 32.9. The summed E-state index contributed by atoms with van der Waals surface area (Å²) in [5.74, 6) is 0.182. The van der Waals surface area contributed by atoms with Crippen LogP contribution in [0.3, 0.4) is 0 Å². The third kappa shape index (κ3) is 5.58. The Hall–Kier alpha value is -2.38. The van der Waals surface area contributed by atoms with Crippen molar-refractivity contribution in [2.45, 2.75) is 49.8 Å². The number of nitrogens with one attached hydrogen (secondary N) is 1. The van der Waals surface area contributed by atoms with Gasteiger partial charge in [-0.1, -0.05) is 37.5 Å². The number of aromatic carboxylic acids is 1. The fourth-order valence-corrected chi connectivity index (χ4v) is 4.74. The summed E-state index contributed by atoms with van der Waals surface area (Å²) in [6, 6.07) is 12.1. The molecule has 1 aliphatic rings. The summed E-state index contributed by atoms with van der Waals surface area (Å²) in [6.45, 7) is 1.89. The number of carboxylic acids is 1. The Balaban J connectivity index is 1.52. The van der Waals surface area contributed by atoms with Crippen LogP contribution in [0.4, 0.5) is 0 Å². The van der Waals surface area contributed by atoms with Gasteiger partial charge in [-0.2, -0.15) is 0 Å². The van der Waals surface area contributed by atoms with Gasteiger partial charge in [-0.15, -0.1) is 0 Å². The van der Waals surface area contributed by atoms with E-state index in [1.165, 1.54) is 55.9 Å². The SMILES string of the molecule is Cc1ccc(S(=O)(=O)NCCOc2ccc(C3CCCCC3)cc2)cc1C(=O)O. The van der Waals surface area contributed by atoms with Gasteiger partial charge in [0.15, 0.2) is 0 Å². The zero-order chi connectivity index (χ0) is 20.9. The molecule has 2 N–H and O–H groups in total. The first-order chi connectivity index (χ1) is 13.9. The Morgan fingerprint density at radius 3 is 2.45 bits per heavy atom. The average molecular weight is 418 g/mol. The normalized spacial score (nSPS) is 15.2. The fourth-order valence-electron chi connectivity index (χ4n) is 3.70. The first-order valence-corrected chi connectivity index (χ1v) is 11.4. The van der Waals surface area contributed by atoms with Crippen molar-refractivity contribution in [2.24, 2.45) is 0 Å². The van der Waals surface area contributed by atoms with E-state index in [-0.39, 0.29) is 23.6 Å². The number of carboxylic acid groups (broad SMARTS) is 1. The van der Waals surface area contributed by atoms with Crippen LogP contribution in [0.5, 0.6) is 5.75 Å². The quantitative estimate of drug-likeness (QED) is 0.631. The molecule has 0 radical (unpaired) electrons. The zero-order valence-electron chi connectivity index (χ0n) is 16.6. The molecule has 2 aromatic carbocycles. The molecule has 0 aliphatic heterocycles. The number of sulfonamides is 1. The van der Waals surface area contributed by atoms with Crippen molar-refractivity contribution in [3.8, 4) is 5.75 Å². The lowest BCUT2D eigenvalue weighted by Crippen LogP contribution is -2.28.